The molecule has 2 aromatic rings. The SMILES string of the molecule is CCc1ccc(Cn2nc(CC(N)=O)nc2C[C@H]2CNCCO2)cc1. The number of hydrogen-bond acceptors (Lipinski definition) is 5. The molecule has 1 aliphatic heterocycles. The lowest BCUT2D eigenvalue weighted by atomic mass is 10.1. The third-order valence-corrected chi connectivity index (χ3v) is 4.30. The Kier molecular flexibility index (Phi) is 5.78. The number of carbonyl (C=O) groups is 1. The van der Waals surface area contributed by atoms with Crippen LogP contribution in [0.5, 0.6) is 0 Å². The van der Waals surface area contributed by atoms with Crippen LogP contribution in [0, 0.1) is 0 Å². The Morgan fingerprint density at radius 3 is 2.76 bits per heavy atom. The Morgan fingerprint density at radius 2 is 2.12 bits per heavy atom. The lowest BCUT2D eigenvalue weighted by Gasteiger charge is -2.23. The zero-order valence-corrected chi connectivity index (χ0v) is 14.6. The van der Waals surface area contributed by atoms with E-state index in [4.69, 9.17) is 10.5 Å². The van der Waals surface area contributed by atoms with Crippen molar-refractivity contribution in [1.82, 2.24) is 20.1 Å². The summed E-state index contributed by atoms with van der Waals surface area (Å²) in [6, 6.07) is 8.47. The van der Waals surface area contributed by atoms with E-state index in [1.54, 1.807) is 0 Å². The Hall–Kier alpha value is -2.25. The van der Waals surface area contributed by atoms with Crippen LogP contribution in [0.2, 0.25) is 0 Å². The molecule has 1 aromatic carbocycles. The van der Waals surface area contributed by atoms with Crippen LogP contribution < -0.4 is 11.1 Å². The molecule has 0 saturated carbocycles. The molecule has 0 radical (unpaired) electrons. The first-order valence-corrected chi connectivity index (χ1v) is 8.75. The number of aryl methyl sites for hydroxylation is 1. The predicted molar refractivity (Wildman–Crippen MR) is 94.2 cm³/mol. The number of nitrogens with zero attached hydrogens (tertiary/aromatic N) is 3. The summed E-state index contributed by atoms with van der Waals surface area (Å²) in [5.74, 6) is 0.868. The first-order valence-electron chi connectivity index (χ1n) is 8.75. The molecule has 0 unspecified atom stereocenters. The normalized spacial score (nSPS) is 17.6. The molecule has 1 amide bonds. The highest BCUT2D eigenvalue weighted by molar-refractivity contribution is 5.75. The fourth-order valence-electron chi connectivity index (χ4n) is 2.94. The van der Waals surface area contributed by atoms with Gasteiger partial charge in [0, 0.05) is 19.5 Å². The summed E-state index contributed by atoms with van der Waals surface area (Å²) in [4.78, 5) is 15.7. The molecule has 3 N–H and O–H groups in total. The van der Waals surface area contributed by atoms with Crippen LogP contribution in [0.1, 0.15) is 29.7 Å². The summed E-state index contributed by atoms with van der Waals surface area (Å²) in [5.41, 5.74) is 7.74. The number of nitrogens with one attached hydrogen (secondary N) is 1. The van der Waals surface area contributed by atoms with Crippen molar-refractivity contribution in [2.24, 2.45) is 5.73 Å². The van der Waals surface area contributed by atoms with Gasteiger partial charge in [0.15, 0.2) is 5.82 Å². The van der Waals surface area contributed by atoms with Gasteiger partial charge in [-0.15, -0.1) is 0 Å². The van der Waals surface area contributed by atoms with Gasteiger partial charge in [0.1, 0.15) is 5.82 Å². The quantitative estimate of drug-likeness (QED) is 0.761. The fourth-order valence-corrected chi connectivity index (χ4v) is 2.94. The van der Waals surface area contributed by atoms with Crippen LogP contribution >= 0.6 is 0 Å². The highest BCUT2D eigenvalue weighted by Gasteiger charge is 2.19. The molecule has 134 valence electrons. The second-order valence-corrected chi connectivity index (χ2v) is 6.32. The van der Waals surface area contributed by atoms with Gasteiger partial charge in [0.2, 0.25) is 5.91 Å². The lowest BCUT2D eigenvalue weighted by Crippen LogP contribution is -2.40. The van der Waals surface area contributed by atoms with E-state index in [9.17, 15) is 4.79 Å². The van der Waals surface area contributed by atoms with Crippen molar-refractivity contribution in [3.8, 4) is 0 Å². The van der Waals surface area contributed by atoms with E-state index < -0.39 is 5.91 Å². The predicted octanol–water partition coefficient (Wildman–Crippen LogP) is 0.448. The van der Waals surface area contributed by atoms with Gasteiger partial charge in [-0.3, -0.25) is 4.79 Å². The van der Waals surface area contributed by atoms with Crippen LogP contribution in [0.4, 0.5) is 0 Å². The Labute approximate surface area is 147 Å². The number of primary amides is 1. The van der Waals surface area contributed by atoms with Crippen molar-refractivity contribution >= 4 is 5.91 Å². The van der Waals surface area contributed by atoms with E-state index in [-0.39, 0.29) is 12.5 Å². The van der Waals surface area contributed by atoms with Crippen molar-refractivity contribution in [3.63, 3.8) is 0 Å². The molecule has 1 aromatic heterocycles. The monoisotopic (exact) mass is 343 g/mol. The largest absolute Gasteiger partial charge is 0.375 e. The summed E-state index contributed by atoms with van der Waals surface area (Å²) in [5, 5.41) is 7.80. The molecular formula is C18H25N5O2. The summed E-state index contributed by atoms with van der Waals surface area (Å²) in [6.45, 7) is 5.12. The highest BCUT2D eigenvalue weighted by Crippen LogP contribution is 2.12. The molecular weight excluding hydrogens is 318 g/mol. The molecule has 2 heterocycles. The van der Waals surface area contributed by atoms with Crippen LogP contribution in [0.15, 0.2) is 24.3 Å². The maximum Gasteiger partial charge on any atom is 0.225 e. The molecule has 0 spiro atoms. The van der Waals surface area contributed by atoms with Crippen molar-refractivity contribution in [3.05, 3.63) is 47.0 Å². The van der Waals surface area contributed by atoms with E-state index >= 15 is 0 Å². The number of ether oxygens (including phenoxy) is 1. The van der Waals surface area contributed by atoms with Gasteiger partial charge in [-0.05, 0) is 17.5 Å². The van der Waals surface area contributed by atoms with E-state index in [0.717, 1.165) is 30.9 Å². The third-order valence-electron chi connectivity index (χ3n) is 4.30. The minimum atomic E-state index is -0.424. The highest BCUT2D eigenvalue weighted by atomic mass is 16.5. The second kappa shape index (κ2) is 8.22. The van der Waals surface area contributed by atoms with Gasteiger partial charge >= 0.3 is 0 Å². The third kappa shape index (κ3) is 4.87. The minimum absolute atomic E-state index is 0.0541. The Morgan fingerprint density at radius 1 is 1.36 bits per heavy atom. The minimum Gasteiger partial charge on any atom is -0.375 e. The molecule has 1 saturated heterocycles. The maximum atomic E-state index is 11.2. The Balaban J connectivity index is 1.78. The van der Waals surface area contributed by atoms with Gasteiger partial charge in [0.25, 0.3) is 0 Å². The molecule has 7 heteroatoms. The zero-order chi connectivity index (χ0) is 17.6. The fraction of sp³-hybridized carbons (Fsp3) is 0.500. The summed E-state index contributed by atoms with van der Waals surface area (Å²) < 4.78 is 7.63. The molecule has 7 nitrogen and oxygen atoms in total. The number of amides is 1. The molecule has 3 rings (SSSR count). The average Bonchev–Trinajstić information content (AvgIpc) is 2.96. The number of aromatic nitrogens is 3. The van der Waals surface area contributed by atoms with Crippen LogP contribution in [-0.2, 0) is 35.3 Å². The van der Waals surface area contributed by atoms with Gasteiger partial charge in [-0.25, -0.2) is 9.67 Å². The molecule has 1 atom stereocenters. The molecule has 0 aliphatic carbocycles. The topological polar surface area (TPSA) is 95.1 Å². The van der Waals surface area contributed by atoms with Gasteiger partial charge in [0.05, 0.1) is 25.7 Å². The second-order valence-electron chi connectivity index (χ2n) is 6.32. The zero-order valence-electron chi connectivity index (χ0n) is 14.6. The molecule has 0 bridgehead atoms. The standard InChI is InChI=1S/C18H25N5O2/c1-2-13-3-5-14(6-4-13)12-23-18(9-15-11-20-7-8-25-15)21-17(22-23)10-16(19)24/h3-6,15,20H,2,7-12H2,1H3,(H2,19,24)/t15-/m0/s1. The number of rotatable bonds is 7. The number of hydrogen-bond donors (Lipinski definition) is 2. The van der Waals surface area contributed by atoms with Gasteiger partial charge in [-0.2, -0.15) is 5.10 Å². The molecule has 25 heavy (non-hydrogen) atoms. The molecule has 1 fully saturated rings. The van der Waals surface area contributed by atoms with Crippen LogP contribution in [0.3, 0.4) is 0 Å². The Bertz CT molecular complexity index is 705. The van der Waals surface area contributed by atoms with Crippen molar-refractivity contribution in [2.45, 2.75) is 38.8 Å². The lowest BCUT2D eigenvalue weighted by molar-refractivity contribution is -0.117. The summed E-state index contributed by atoms with van der Waals surface area (Å²) in [6.07, 6.45) is 1.80. The summed E-state index contributed by atoms with van der Waals surface area (Å²) in [7, 11) is 0. The van der Waals surface area contributed by atoms with Crippen LogP contribution in [-0.4, -0.2) is 46.5 Å². The number of nitrogens with two attached hydrogens (primary N) is 1. The smallest absolute Gasteiger partial charge is 0.225 e. The maximum absolute atomic E-state index is 11.2. The summed E-state index contributed by atoms with van der Waals surface area (Å²) >= 11 is 0. The number of carbonyl (C=O) groups excluding carboxylic acids is 1. The first-order chi connectivity index (χ1) is 12.1. The van der Waals surface area contributed by atoms with Crippen LogP contribution in [0.25, 0.3) is 0 Å². The van der Waals surface area contributed by atoms with E-state index in [2.05, 4.69) is 46.6 Å². The van der Waals surface area contributed by atoms with Gasteiger partial charge < -0.3 is 15.8 Å². The average molecular weight is 343 g/mol. The first kappa shape index (κ1) is 17.6. The number of benzene rings is 1. The van der Waals surface area contributed by atoms with E-state index in [1.165, 1.54) is 5.56 Å². The molecule has 1 aliphatic rings. The van der Waals surface area contributed by atoms with E-state index in [1.807, 2.05) is 4.68 Å². The van der Waals surface area contributed by atoms with Crippen molar-refractivity contribution < 1.29 is 9.53 Å². The van der Waals surface area contributed by atoms with Gasteiger partial charge in [-0.1, -0.05) is 31.2 Å². The van der Waals surface area contributed by atoms with Crippen molar-refractivity contribution in [2.75, 3.05) is 19.7 Å². The number of morpholine rings is 1. The van der Waals surface area contributed by atoms with E-state index in [0.29, 0.717) is 25.4 Å². The van der Waals surface area contributed by atoms with Crippen molar-refractivity contribution in [1.29, 1.82) is 0 Å².